The largest absolute Gasteiger partial charge is 0.350 e. The summed E-state index contributed by atoms with van der Waals surface area (Å²) in [5, 5.41) is 9.87. The van der Waals surface area contributed by atoms with E-state index in [1.807, 2.05) is 26.0 Å². The van der Waals surface area contributed by atoms with Crippen LogP contribution >= 0.6 is 0 Å². The standard InChI is InChI=1S/C41H31N5.C2H6/c1-4-14-28(15-5-1)39-42-40(29-16-6-2-7-17-29)44-41(43-39)30-24-26-32(27-25-30)46-36-23-13-11-21-34(36)37-38(46)33-20-10-12-22-35(33)45(37)31-18-8-3-9-19-31;1-2/h1-27,39,41,43H,(H,42,44);1-2H3. The van der Waals surface area contributed by atoms with E-state index < -0.39 is 0 Å². The molecule has 8 aromatic rings. The summed E-state index contributed by atoms with van der Waals surface area (Å²) in [6.45, 7) is 4.00. The molecule has 1 aliphatic rings. The van der Waals surface area contributed by atoms with Gasteiger partial charge in [0, 0.05) is 27.7 Å². The first-order chi connectivity index (χ1) is 23.8. The number of fused-ring (bicyclic) bond motifs is 5. The molecule has 0 aliphatic carbocycles. The van der Waals surface area contributed by atoms with E-state index in [1.165, 1.54) is 32.8 Å². The van der Waals surface area contributed by atoms with E-state index in [-0.39, 0.29) is 12.3 Å². The molecule has 0 spiro atoms. The van der Waals surface area contributed by atoms with Gasteiger partial charge in [-0.3, -0.25) is 5.32 Å². The molecule has 2 aromatic heterocycles. The first-order valence-electron chi connectivity index (χ1n) is 16.7. The van der Waals surface area contributed by atoms with E-state index in [0.29, 0.717) is 0 Å². The number of nitrogens with zero attached hydrogens (tertiary/aromatic N) is 3. The number of aromatic nitrogens is 2. The lowest BCUT2D eigenvalue weighted by Gasteiger charge is -2.32. The lowest BCUT2D eigenvalue weighted by molar-refractivity contribution is 0.409. The van der Waals surface area contributed by atoms with Crippen LogP contribution in [0.15, 0.2) is 169 Å². The van der Waals surface area contributed by atoms with Crippen molar-refractivity contribution in [2.24, 2.45) is 4.99 Å². The van der Waals surface area contributed by atoms with Crippen molar-refractivity contribution in [3.05, 3.63) is 180 Å². The predicted molar refractivity (Wildman–Crippen MR) is 200 cm³/mol. The Kier molecular flexibility index (Phi) is 7.81. The lowest BCUT2D eigenvalue weighted by atomic mass is 10.1. The zero-order valence-corrected chi connectivity index (χ0v) is 27.1. The number of aliphatic imine (C=N–C) groups is 1. The average Bonchev–Trinajstić information content (AvgIpc) is 3.69. The molecule has 0 saturated carbocycles. The second-order valence-electron chi connectivity index (χ2n) is 11.7. The fraction of sp³-hybridized carbons (Fsp3) is 0.0930. The van der Waals surface area contributed by atoms with Gasteiger partial charge in [-0.25, -0.2) is 4.99 Å². The molecule has 5 heteroatoms. The molecule has 0 fully saturated rings. The van der Waals surface area contributed by atoms with Crippen molar-refractivity contribution >= 4 is 38.7 Å². The summed E-state index contributed by atoms with van der Waals surface area (Å²) in [6, 6.07) is 57.9. The molecule has 0 amide bonds. The molecule has 234 valence electrons. The van der Waals surface area contributed by atoms with Gasteiger partial charge < -0.3 is 14.5 Å². The van der Waals surface area contributed by atoms with Gasteiger partial charge in [-0.05, 0) is 47.5 Å². The molecule has 2 atom stereocenters. The number of para-hydroxylation sites is 3. The number of benzene rings is 6. The van der Waals surface area contributed by atoms with Crippen molar-refractivity contribution in [2.75, 3.05) is 0 Å². The minimum Gasteiger partial charge on any atom is -0.350 e. The Morgan fingerprint density at radius 3 is 1.54 bits per heavy atom. The Hall–Kier alpha value is -5.91. The van der Waals surface area contributed by atoms with Crippen LogP contribution < -0.4 is 10.6 Å². The first kappa shape index (κ1) is 29.5. The topological polar surface area (TPSA) is 46.3 Å². The minimum atomic E-state index is -0.167. The van der Waals surface area contributed by atoms with Gasteiger partial charge in [0.05, 0.1) is 22.1 Å². The molecule has 2 unspecified atom stereocenters. The molecule has 2 N–H and O–H groups in total. The van der Waals surface area contributed by atoms with Gasteiger partial charge in [0.2, 0.25) is 0 Å². The van der Waals surface area contributed by atoms with E-state index in [1.54, 1.807) is 0 Å². The van der Waals surface area contributed by atoms with Crippen LogP contribution in [0.3, 0.4) is 0 Å². The number of rotatable bonds is 5. The van der Waals surface area contributed by atoms with Crippen LogP contribution in [-0.2, 0) is 0 Å². The van der Waals surface area contributed by atoms with Gasteiger partial charge in [0.15, 0.2) is 0 Å². The normalized spacial score (nSPS) is 15.9. The van der Waals surface area contributed by atoms with E-state index in [4.69, 9.17) is 4.99 Å². The fourth-order valence-electron chi connectivity index (χ4n) is 6.90. The van der Waals surface area contributed by atoms with Gasteiger partial charge in [0.1, 0.15) is 18.2 Å². The Morgan fingerprint density at radius 1 is 0.479 bits per heavy atom. The summed E-state index contributed by atoms with van der Waals surface area (Å²) < 4.78 is 4.82. The second kappa shape index (κ2) is 12.7. The number of amidine groups is 1. The third kappa shape index (κ3) is 5.05. The molecule has 0 saturated heterocycles. The molecule has 9 rings (SSSR count). The number of hydrogen-bond donors (Lipinski definition) is 2. The smallest absolute Gasteiger partial charge is 0.131 e. The van der Waals surface area contributed by atoms with Gasteiger partial charge in [-0.2, -0.15) is 0 Å². The van der Waals surface area contributed by atoms with E-state index in [2.05, 4.69) is 171 Å². The highest BCUT2D eigenvalue weighted by atomic mass is 15.3. The Morgan fingerprint density at radius 2 is 0.958 bits per heavy atom. The maximum absolute atomic E-state index is 5.07. The zero-order valence-electron chi connectivity index (χ0n) is 27.1. The highest BCUT2D eigenvalue weighted by Crippen LogP contribution is 2.40. The summed E-state index contributed by atoms with van der Waals surface area (Å²) in [5.41, 5.74) is 10.5. The third-order valence-electron chi connectivity index (χ3n) is 9.00. The van der Waals surface area contributed by atoms with Crippen molar-refractivity contribution in [1.29, 1.82) is 0 Å². The van der Waals surface area contributed by atoms with Crippen molar-refractivity contribution < 1.29 is 0 Å². The molecule has 48 heavy (non-hydrogen) atoms. The molecule has 5 nitrogen and oxygen atoms in total. The summed E-state index contributed by atoms with van der Waals surface area (Å²) in [4.78, 5) is 5.07. The van der Waals surface area contributed by atoms with Crippen LogP contribution in [0.4, 0.5) is 0 Å². The lowest BCUT2D eigenvalue weighted by Crippen LogP contribution is -2.44. The van der Waals surface area contributed by atoms with Crippen molar-refractivity contribution in [1.82, 2.24) is 19.8 Å². The summed E-state index contributed by atoms with van der Waals surface area (Å²) in [7, 11) is 0. The molecule has 0 radical (unpaired) electrons. The zero-order chi connectivity index (χ0) is 32.5. The highest BCUT2D eigenvalue weighted by Gasteiger charge is 2.26. The summed E-state index contributed by atoms with van der Waals surface area (Å²) in [6.07, 6.45) is -0.284. The number of hydrogen-bond acceptors (Lipinski definition) is 3. The average molecular weight is 624 g/mol. The van der Waals surface area contributed by atoms with Crippen molar-refractivity contribution in [3.63, 3.8) is 0 Å². The molecular weight excluding hydrogens is 587 g/mol. The Labute approximate surface area is 280 Å². The minimum absolute atomic E-state index is 0.117. The van der Waals surface area contributed by atoms with E-state index in [0.717, 1.165) is 33.9 Å². The van der Waals surface area contributed by atoms with Gasteiger partial charge in [0.25, 0.3) is 0 Å². The Balaban J connectivity index is 0.00000165. The van der Waals surface area contributed by atoms with E-state index in [9.17, 15) is 0 Å². The molecule has 3 heterocycles. The van der Waals surface area contributed by atoms with Crippen LogP contribution in [0.5, 0.6) is 0 Å². The van der Waals surface area contributed by atoms with Gasteiger partial charge >= 0.3 is 0 Å². The van der Waals surface area contributed by atoms with Gasteiger partial charge in [-0.1, -0.05) is 141 Å². The molecule has 1 aliphatic heterocycles. The second-order valence-corrected chi connectivity index (χ2v) is 11.7. The van der Waals surface area contributed by atoms with Crippen LogP contribution in [0.2, 0.25) is 0 Å². The maximum Gasteiger partial charge on any atom is 0.131 e. The Bertz CT molecular complexity index is 2350. The van der Waals surface area contributed by atoms with Crippen molar-refractivity contribution in [2.45, 2.75) is 26.2 Å². The predicted octanol–water partition coefficient (Wildman–Crippen LogP) is 10.1. The molecule has 6 aromatic carbocycles. The third-order valence-corrected chi connectivity index (χ3v) is 9.00. The van der Waals surface area contributed by atoms with Crippen LogP contribution in [0, 0.1) is 0 Å². The molecule has 0 bridgehead atoms. The van der Waals surface area contributed by atoms with Crippen LogP contribution in [0.25, 0.3) is 44.2 Å². The van der Waals surface area contributed by atoms with Crippen LogP contribution in [0.1, 0.15) is 42.9 Å². The molecular formula is C43H37N5. The van der Waals surface area contributed by atoms with Crippen molar-refractivity contribution in [3.8, 4) is 11.4 Å². The number of nitrogens with one attached hydrogen (secondary N) is 2. The first-order valence-corrected chi connectivity index (χ1v) is 16.7. The van der Waals surface area contributed by atoms with Crippen LogP contribution in [-0.4, -0.2) is 15.0 Å². The SMILES string of the molecule is CC.c1ccc(C2=NC(c3ccccc3)NC(c3ccc(-n4c5ccccc5c5c4c4ccccc4n5-c4ccccc4)cc3)N2)cc1. The maximum atomic E-state index is 5.07. The summed E-state index contributed by atoms with van der Waals surface area (Å²) >= 11 is 0. The van der Waals surface area contributed by atoms with E-state index >= 15 is 0 Å². The monoisotopic (exact) mass is 623 g/mol. The quantitative estimate of drug-likeness (QED) is 0.200. The van der Waals surface area contributed by atoms with Gasteiger partial charge in [-0.15, -0.1) is 0 Å². The summed E-state index contributed by atoms with van der Waals surface area (Å²) in [5.74, 6) is 0.883. The fourth-order valence-corrected chi connectivity index (χ4v) is 6.90. The highest BCUT2D eigenvalue weighted by molar-refractivity contribution is 6.19.